The molecule has 26 heavy (non-hydrogen) atoms. The molecule has 0 saturated heterocycles. The number of carbonyl (C=O) groups excluding carboxylic acids is 1. The van der Waals surface area contributed by atoms with E-state index in [-0.39, 0.29) is 17.3 Å². The number of ether oxygens (including phenoxy) is 1. The van der Waals surface area contributed by atoms with Gasteiger partial charge in [0, 0.05) is 11.3 Å². The normalized spacial score (nSPS) is 10.6. The number of para-hydroxylation sites is 1. The Morgan fingerprint density at radius 1 is 1.27 bits per heavy atom. The summed E-state index contributed by atoms with van der Waals surface area (Å²) < 4.78 is 19.2. The number of methoxy groups -OCH3 is 1. The van der Waals surface area contributed by atoms with Gasteiger partial charge < -0.3 is 10.1 Å². The second-order valence-electron chi connectivity index (χ2n) is 5.37. The van der Waals surface area contributed by atoms with Crippen molar-refractivity contribution in [1.29, 1.82) is 0 Å². The predicted molar refractivity (Wildman–Crippen MR) is 102 cm³/mol. The Bertz CT molecular complexity index is 930. The highest BCUT2D eigenvalue weighted by atomic mass is 32.2. The molecule has 3 rings (SSSR count). The fourth-order valence-corrected chi connectivity index (χ4v) is 3.86. The van der Waals surface area contributed by atoms with Crippen LogP contribution in [0.25, 0.3) is 0 Å². The van der Waals surface area contributed by atoms with Gasteiger partial charge in [0.2, 0.25) is 5.13 Å². The minimum absolute atomic E-state index is 0.116. The molecule has 1 heterocycles. The first kappa shape index (κ1) is 18.3. The highest BCUT2D eigenvalue weighted by molar-refractivity contribution is 8.01. The Morgan fingerprint density at radius 3 is 2.81 bits per heavy atom. The minimum atomic E-state index is -0.552. The molecule has 0 aliphatic heterocycles. The third-order valence-electron chi connectivity index (χ3n) is 3.59. The van der Waals surface area contributed by atoms with Crippen LogP contribution in [0.4, 0.5) is 15.2 Å². The second-order valence-corrected chi connectivity index (χ2v) is 7.57. The molecule has 8 heteroatoms. The molecule has 3 aromatic rings. The fraction of sp³-hybridized carbons (Fsp3) is 0.167. The summed E-state index contributed by atoms with van der Waals surface area (Å²) in [6.45, 7) is 2.01. The van der Waals surface area contributed by atoms with Crippen molar-refractivity contribution in [2.45, 2.75) is 11.3 Å². The van der Waals surface area contributed by atoms with Crippen molar-refractivity contribution >= 4 is 39.7 Å². The van der Waals surface area contributed by atoms with Crippen LogP contribution in [0.5, 0.6) is 5.75 Å². The molecule has 0 atom stereocenters. The largest absolute Gasteiger partial charge is 0.494 e. The summed E-state index contributed by atoms with van der Waals surface area (Å²) in [5, 5.41) is 12.0. The van der Waals surface area contributed by atoms with Crippen LogP contribution in [0.3, 0.4) is 0 Å². The van der Waals surface area contributed by atoms with Crippen molar-refractivity contribution in [3.8, 4) is 5.75 Å². The van der Waals surface area contributed by atoms with Gasteiger partial charge in [-0.05, 0) is 36.8 Å². The minimum Gasteiger partial charge on any atom is -0.494 e. The number of benzene rings is 2. The third kappa shape index (κ3) is 4.39. The second kappa shape index (κ2) is 8.29. The maximum absolute atomic E-state index is 13.7. The van der Waals surface area contributed by atoms with Crippen molar-refractivity contribution in [1.82, 2.24) is 10.2 Å². The van der Waals surface area contributed by atoms with Crippen LogP contribution in [-0.4, -0.2) is 28.8 Å². The van der Waals surface area contributed by atoms with E-state index in [2.05, 4.69) is 15.5 Å². The highest BCUT2D eigenvalue weighted by Gasteiger charge is 2.13. The lowest BCUT2D eigenvalue weighted by atomic mass is 10.1. The average molecular weight is 389 g/mol. The molecule has 0 unspecified atom stereocenters. The number of hydrogen-bond donors (Lipinski definition) is 1. The number of halogens is 1. The molecule has 0 bridgehead atoms. The van der Waals surface area contributed by atoms with E-state index in [0.29, 0.717) is 15.0 Å². The van der Waals surface area contributed by atoms with Crippen LogP contribution in [0.2, 0.25) is 0 Å². The molecular weight excluding hydrogens is 373 g/mol. The number of anilines is 2. The van der Waals surface area contributed by atoms with Gasteiger partial charge >= 0.3 is 0 Å². The molecule has 5 nitrogen and oxygen atoms in total. The Kier molecular flexibility index (Phi) is 5.85. The van der Waals surface area contributed by atoms with Crippen LogP contribution in [0, 0.1) is 12.7 Å². The molecule has 0 amide bonds. The first-order valence-corrected chi connectivity index (χ1v) is 9.52. The maximum atomic E-state index is 13.7. The number of nitrogens with one attached hydrogen (secondary N) is 1. The quantitative estimate of drug-likeness (QED) is 0.466. The Morgan fingerprint density at radius 2 is 2.08 bits per heavy atom. The monoisotopic (exact) mass is 389 g/mol. The molecule has 0 aliphatic carbocycles. The zero-order valence-corrected chi connectivity index (χ0v) is 15.8. The molecule has 1 N–H and O–H groups in total. The van der Waals surface area contributed by atoms with Crippen LogP contribution in [0.1, 0.15) is 15.9 Å². The van der Waals surface area contributed by atoms with Gasteiger partial charge in [0.15, 0.2) is 21.7 Å². The highest BCUT2D eigenvalue weighted by Crippen LogP contribution is 2.29. The lowest BCUT2D eigenvalue weighted by Crippen LogP contribution is -2.03. The first-order chi connectivity index (χ1) is 12.6. The lowest BCUT2D eigenvalue weighted by molar-refractivity contribution is 0.102. The molecule has 134 valence electrons. The van der Waals surface area contributed by atoms with E-state index in [4.69, 9.17) is 4.74 Å². The van der Waals surface area contributed by atoms with Crippen LogP contribution in [0.15, 0.2) is 46.8 Å². The molecule has 0 aliphatic rings. The zero-order valence-electron chi connectivity index (χ0n) is 14.2. The van der Waals surface area contributed by atoms with Crippen molar-refractivity contribution in [2.24, 2.45) is 0 Å². The Hall–Kier alpha value is -2.45. The SMILES string of the molecule is COc1ccc(C(=O)CSc2nnc(Nc3ccccc3C)s2)cc1F. The molecule has 0 spiro atoms. The van der Waals surface area contributed by atoms with Crippen molar-refractivity contribution < 1.29 is 13.9 Å². The number of nitrogens with zero attached hydrogens (tertiary/aromatic N) is 2. The Balaban J connectivity index is 1.60. The molecule has 0 fully saturated rings. The van der Waals surface area contributed by atoms with Gasteiger partial charge in [0.25, 0.3) is 0 Å². The molecular formula is C18H16FN3O2S2. The van der Waals surface area contributed by atoms with Gasteiger partial charge in [-0.3, -0.25) is 4.79 Å². The maximum Gasteiger partial charge on any atom is 0.210 e. The van der Waals surface area contributed by atoms with Crippen molar-refractivity contribution in [2.75, 3.05) is 18.2 Å². The van der Waals surface area contributed by atoms with E-state index in [1.165, 1.54) is 42.3 Å². The van der Waals surface area contributed by atoms with Gasteiger partial charge in [-0.25, -0.2) is 4.39 Å². The van der Waals surface area contributed by atoms with Gasteiger partial charge in [-0.1, -0.05) is 41.3 Å². The van der Waals surface area contributed by atoms with E-state index in [1.807, 2.05) is 31.2 Å². The standard InChI is InChI=1S/C18H16FN3O2S2/c1-11-5-3-4-6-14(11)20-17-21-22-18(26-17)25-10-15(23)12-7-8-16(24-2)13(19)9-12/h3-9H,10H2,1-2H3,(H,20,21). The number of hydrogen-bond acceptors (Lipinski definition) is 7. The summed E-state index contributed by atoms with van der Waals surface area (Å²) in [4.78, 5) is 12.2. The van der Waals surface area contributed by atoms with E-state index in [0.717, 1.165) is 11.3 Å². The number of aromatic nitrogens is 2. The summed E-state index contributed by atoms with van der Waals surface area (Å²) in [7, 11) is 1.38. The van der Waals surface area contributed by atoms with Crippen molar-refractivity contribution in [3.05, 3.63) is 59.4 Å². The number of aryl methyl sites for hydroxylation is 1. The summed E-state index contributed by atoms with van der Waals surface area (Å²) >= 11 is 2.64. The molecule has 0 radical (unpaired) electrons. The number of thioether (sulfide) groups is 1. The number of Topliss-reactive ketones (excluding diaryl/α,β-unsaturated/α-hetero) is 1. The van der Waals surface area contributed by atoms with E-state index in [1.54, 1.807) is 6.07 Å². The van der Waals surface area contributed by atoms with Gasteiger partial charge in [0.05, 0.1) is 12.9 Å². The molecule has 2 aromatic carbocycles. The Labute approximate surface area is 158 Å². The van der Waals surface area contributed by atoms with Crippen LogP contribution < -0.4 is 10.1 Å². The molecule has 0 saturated carbocycles. The first-order valence-electron chi connectivity index (χ1n) is 7.72. The van der Waals surface area contributed by atoms with E-state index >= 15 is 0 Å². The fourth-order valence-electron chi connectivity index (χ4n) is 2.20. The summed E-state index contributed by atoms with van der Waals surface area (Å²) in [5.41, 5.74) is 2.37. The third-order valence-corrected chi connectivity index (χ3v) is 5.57. The summed E-state index contributed by atoms with van der Waals surface area (Å²) in [6.07, 6.45) is 0. The van der Waals surface area contributed by atoms with Crippen molar-refractivity contribution in [3.63, 3.8) is 0 Å². The molecule has 1 aromatic heterocycles. The van der Waals surface area contributed by atoms with Gasteiger partial charge in [-0.15, -0.1) is 10.2 Å². The van der Waals surface area contributed by atoms with E-state index < -0.39 is 5.82 Å². The zero-order chi connectivity index (χ0) is 18.5. The predicted octanol–water partition coefficient (Wildman–Crippen LogP) is 4.71. The summed E-state index contributed by atoms with van der Waals surface area (Å²) in [5.74, 6) is -0.459. The van der Waals surface area contributed by atoms with Gasteiger partial charge in [-0.2, -0.15) is 0 Å². The number of carbonyl (C=O) groups is 1. The van der Waals surface area contributed by atoms with Gasteiger partial charge in [0.1, 0.15) is 0 Å². The number of rotatable bonds is 7. The topological polar surface area (TPSA) is 64.1 Å². The van der Waals surface area contributed by atoms with Crippen LogP contribution in [-0.2, 0) is 0 Å². The smallest absolute Gasteiger partial charge is 0.210 e. The van der Waals surface area contributed by atoms with E-state index in [9.17, 15) is 9.18 Å². The number of ketones is 1. The average Bonchev–Trinajstić information content (AvgIpc) is 3.09. The summed E-state index contributed by atoms with van der Waals surface area (Å²) in [6, 6.07) is 12.1. The lowest BCUT2D eigenvalue weighted by Gasteiger charge is -2.04. The van der Waals surface area contributed by atoms with Crippen LogP contribution >= 0.6 is 23.1 Å².